The van der Waals surface area contributed by atoms with E-state index in [1.54, 1.807) is 6.07 Å². The molecule has 1 unspecified atom stereocenters. The molecule has 3 atom stereocenters. The first kappa shape index (κ1) is 37.0. The highest BCUT2D eigenvalue weighted by molar-refractivity contribution is 6.74. The summed E-state index contributed by atoms with van der Waals surface area (Å²) in [4.78, 5) is 18.2. The second kappa shape index (κ2) is 13.0. The number of nitrogens with zero attached hydrogens (tertiary/aromatic N) is 2. The lowest BCUT2D eigenvalue weighted by Gasteiger charge is -2.48. The third-order valence-corrected chi connectivity index (χ3v) is 16.1. The van der Waals surface area contributed by atoms with Crippen molar-refractivity contribution in [1.29, 1.82) is 5.26 Å². The summed E-state index contributed by atoms with van der Waals surface area (Å²) in [7, 11) is -2.39. The van der Waals surface area contributed by atoms with Crippen molar-refractivity contribution in [3.05, 3.63) is 63.0 Å². The average molecular weight is 715 g/mol. The Morgan fingerprint density at radius 2 is 1.66 bits per heavy atom. The molecule has 0 N–H and O–H groups in total. The molecular formula is C38H49F3N2O6Si. The minimum Gasteiger partial charge on any atom is -0.455 e. The maximum absolute atomic E-state index is 14.0. The van der Waals surface area contributed by atoms with Gasteiger partial charge in [0, 0.05) is 68.7 Å². The molecule has 2 aromatic rings. The number of pyridine rings is 1. The van der Waals surface area contributed by atoms with E-state index in [4.69, 9.17) is 28.4 Å². The van der Waals surface area contributed by atoms with Crippen molar-refractivity contribution in [2.75, 3.05) is 26.4 Å². The molecule has 1 aromatic heterocycles. The summed E-state index contributed by atoms with van der Waals surface area (Å²) in [5.74, 6) is -0.437. The van der Waals surface area contributed by atoms with Gasteiger partial charge >= 0.3 is 12.1 Å². The number of ether oxygens (including phenoxy) is 4. The minimum atomic E-state index is -4.68. The molecular weight excluding hydrogens is 666 g/mol. The second-order valence-electron chi connectivity index (χ2n) is 16.5. The molecule has 0 radical (unpaired) electrons. The lowest BCUT2D eigenvalue weighted by atomic mass is 9.68. The van der Waals surface area contributed by atoms with Crippen LogP contribution in [0.5, 0.6) is 0 Å². The van der Waals surface area contributed by atoms with Crippen LogP contribution in [0.1, 0.15) is 143 Å². The Balaban J connectivity index is 1.69. The highest BCUT2D eigenvalue weighted by Gasteiger charge is 2.56. The molecule has 3 aliphatic heterocycles. The molecule has 1 spiro atoms. The first-order valence-corrected chi connectivity index (χ1v) is 20.6. The highest BCUT2D eigenvalue weighted by atomic mass is 28.4. The molecule has 2 saturated heterocycles. The Hall–Kier alpha value is -2.82. The number of nitriles is 1. The average Bonchev–Trinajstić information content (AvgIpc) is 3.35. The van der Waals surface area contributed by atoms with Gasteiger partial charge < -0.3 is 23.4 Å². The standard InChI is InChI=1S/C38H49F3N2O6Si/c1-22(44)47-34-32-28(27(20-36(34,5)6)49-50(7,8)35(2,3)4)30-29(31(43-32)23-11-15-45-16-12-23)33(48-37(30)13-17-46-18-14-37)24-9-10-26(38(39,40)41)25(19-24)21-42/h9-10,19,23,27,33-34H,11-18,20H2,1-8H3/t27?,33-,34+/m1/s1. The van der Waals surface area contributed by atoms with Gasteiger partial charge in [0.1, 0.15) is 12.2 Å². The van der Waals surface area contributed by atoms with Gasteiger partial charge in [-0.3, -0.25) is 9.78 Å². The van der Waals surface area contributed by atoms with Crippen LogP contribution in [0.3, 0.4) is 0 Å². The van der Waals surface area contributed by atoms with E-state index in [-0.39, 0.29) is 11.0 Å². The summed E-state index contributed by atoms with van der Waals surface area (Å²) >= 11 is 0. The van der Waals surface area contributed by atoms with Gasteiger partial charge in [-0.15, -0.1) is 0 Å². The van der Waals surface area contributed by atoms with Crippen molar-refractivity contribution in [2.24, 2.45) is 5.41 Å². The predicted octanol–water partition coefficient (Wildman–Crippen LogP) is 9.09. The fourth-order valence-electron chi connectivity index (χ4n) is 8.00. The molecule has 272 valence electrons. The summed E-state index contributed by atoms with van der Waals surface area (Å²) in [6, 6.07) is 5.50. The minimum absolute atomic E-state index is 0.0310. The molecule has 4 heterocycles. The van der Waals surface area contributed by atoms with Crippen molar-refractivity contribution in [1.82, 2.24) is 4.98 Å². The molecule has 1 aromatic carbocycles. The van der Waals surface area contributed by atoms with E-state index in [9.17, 15) is 23.2 Å². The number of benzene rings is 1. The smallest absolute Gasteiger partial charge is 0.417 e. The van der Waals surface area contributed by atoms with E-state index < -0.39 is 60.9 Å². The van der Waals surface area contributed by atoms with E-state index in [0.717, 1.165) is 28.5 Å². The lowest BCUT2D eigenvalue weighted by Crippen LogP contribution is -2.46. The third-order valence-electron chi connectivity index (χ3n) is 11.6. The fourth-order valence-corrected chi connectivity index (χ4v) is 9.26. The summed E-state index contributed by atoms with van der Waals surface area (Å²) in [6.45, 7) is 18.6. The van der Waals surface area contributed by atoms with E-state index >= 15 is 0 Å². The Morgan fingerprint density at radius 1 is 1.02 bits per heavy atom. The zero-order valence-corrected chi connectivity index (χ0v) is 31.4. The molecule has 4 aliphatic rings. The molecule has 8 nitrogen and oxygen atoms in total. The molecule has 6 rings (SSSR count). The summed E-state index contributed by atoms with van der Waals surface area (Å²) < 4.78 is 74.2. The van der Waals surface area contributed by atoms with Crippen molar-refractivity contribution in [3.63, 3.8) is 0 Å². The molecule has 0 amide bonds. The lowest BCUT2D eigenvalue weighted by molar-refractivity contribution is -0.156. The summed E-state index contributed by atoms with van der Waals surface area (Å²) in [6.07, 6.45) is -3.55. The topological polar surface area (TPSA) is 99.9 Å². The van der Waals surface area contributed by atoms with Crippen LogP contribution >= 0.6 is 0 Å². The number of halogens is 3. The number of rotatable bonds is 5. The zero-order valence-electron chi connectivity index (χ0n) is 30.4. The van der Waals surface area contributed by atoms with Gasteiger partial charge in [-0.2, -0.15) is 18.4 Å². The number of hydrogen-bond donors (Lipinski definition) is 0. The number of carbonyl (C=O) groups excluding carboxylic acids is 1. The normalized spacial score (nSPS) is 25.1. The van der Waals surface area contributed by atoms with Gasteiger partial charge in [0.25, 0.3) is 0 Å². The first-order valence-electron chi connectivity index (χ1n) is 17.7. The van der Waals surface area contributed by atoms with Gasteiger partial charge in [-0.25, -0.2) is 0 Å². The van der Waals surface area contributed by atoms with Crippen LogP contribution in [-0.4, -0.2) is 45.7 Å². The summed E-state index contributed by atoms with van der Waals surface area (Å²) in [5.41, 5.74) is 1.71. The number of fused-ring (bicyclic) bond motifs is 4. The van der Waals surface area contributed by atoms with Gasteiger partial charge in [0.05, 0.1) is 40.3 Å². The Bertz CT molecular complexity index is 1680. The molecule has 1 aliphatic carbocycles. The summed E-state index contributed by atoms with van der Waals surface area (Å²) in [5, 5.41) is 9.77. The van der Waals surface area contributed by atoms with E-state index in [2.05, 4.69) is 47.7 Å². The van der Waals surface area contributed by atoms with Gasteiger partial charge in [0.2, 0.25) is 0 Å². The monoisotopic (exact) mass is 714 g/mol. The maximum atomic E-state index is 14.0. The Labute approximate surface area is 294 Å². The SMILES string of the molecule is CC(=O)O[C@H]1c2nc(C3CCOCC3)c3c(c2C(O[Si](C)(C)C(C)(C)C)CC1(C)C)C1(CCOCC1)O[C@@H]3c1ccc(C(F)(F)F)c(C#N)c1. The van der Waals surface area contributed by atoms with Crippen molar-refractivity contribution >= 4 is 14.3 Å². The number of hydrogen-bond acceptors (Lipinski definition) is 8. The number of esters is 1. The van der Waals surface area contributed by atoms with E-state index in [1.807, 2.05) is 0 Å². The largest absolute Gasteiger partial charge is 0.455 e. The van der Waals surface area contributed by atoms with Gasteiger partial charge in [-0.05, 0) is 60.7 Å². The van der Waals surface area contributed by atoms with Crippen LogP contribution in [0.4, 0.5) is 13.2 Å². The quantitative estimate of drug-likeness (QED) is 0.224. The molecule has 12 heteroatoms. The zero-order chi connectivity index (χ0) is 36.4. The van der Waals surface area contributed by atoms with Gasteiger partial charge in [0.15, 0.2) is 8.32 Å². The van der Waals surface area contributed by atoms with Crippen LogP contribution in [0.25, 0.3) is 0 Å². The second-order valence-corrected chi connectivity index (χ2v) is 21.3. The van der Waals surface area contributed by atoms with Crippen LogP contribution in [0.2, 0.25) is 18.1 Å². The number of alkyl halides is 3. The van der Waals surface area contributed by atoms with Crippen LogP contribution in [0, 0.1) is 16.7 Å². The van der Waals surface area contributed by atoms with Gasteiger partial charge in [-0.1, -0.05) is 40.7 Å². The fraction of sp³-hybridized carbons (Fsp3) is 0.658. The van der Waals surface area contributed by atoms with Crippen molar-refractivity contribution in [2.45, 2.75) is 128 Å². The van der Waals surface area contributed by atoms with Crippen LogP contribution < -0.4 is 0 Å². The predicted molar refractivity (Wildman–Crippen MR) is 182 cm³/mol. The van der Waals surface area contributed by atoms with Crippen LogP contribution in [0.15, 0.2) is 18.2 Å². The van der Waals surface area contributed by atoms with Crippen LogP contribution in [-0.2, 0) is 39.9 Å². The van der Waals surface area contributed by atoms with E-state index in [1.165, 1.54) is 19.1 Å². The Kier molecular flexibility index (Phi) is 9.60. The van der Waals surface area contributed by atoms with Crippen molar-refractivity contribution in [3.8, 4) is 6.07 Å². The molecule has 2 fully saturated rings. The van der Waals surface area contributed by atoms with E-state index in [0.29, 0.717) is 69.8 Å². The highest BCUT2D eigenvalue weighted by Crippen LogP contribution is 2.61. The number of aromatic nitrogens is 1. The maximum Gasteiger partial charge on any atom is 0.417 e. The molecule has 0 bridgehead atoms. The third kappa shape index (κ3) is 6.53. The molecule has 0 saturated carbocycles. The first-order chi connectivity index (χ1) is 23.3. The number of carbonyl (C=O) groups is 1. The van der Waals surface area contributed by atoms with Crippen molar-refractivity contribution < 1.29 is 41.3 Å². The Morgan fingerprint density at radius 3 is 2.24 bits per heavy atom. The molecule has 50 heavy (non-hydrogen) atoms.